The van der Waals surface area contributed by atoms with Gasteiger partial charge < -0.3 is 11.1 Å². The maximum atomic E-state index is 12.5. The molecule has 0 radical (unpaired) electrons. The second-order valence-electron chi connectivity index (χ2n) is 6.30. The van der Waals surface area contributed by atoms with Gasteiger partial charge in [0.25, 0.3) is 0 Å². The van der Waals surface area contributed by atoms with Gasteiger partial charge >= 0.3 is 0 Å². The molecule has 2 aromatic carbocycles. The fourth-order valence-electron chi connectivity index (χ4n) is 3.17. The zero-order valence-corrected chi connectivity index (χ0v) is 16.1. The molecule has 3 N–H and O–H groups in total. The fourth-order valence-corrected chi connectivity index (χ4v) is 3.81. The van der Waals surface area contributed by atoms with E-state index >= 15 is 0 Å². The molecule has 0 bridgehead atoms. The van der Waals surface area contributed by atoms with Crippen LogP contribution < -0.4 is 11.1 Å². The fraction of sp³-hybridized carbons (Fsp3) is 0.263. The molecule has 5 nitrogen and oxygen atoms in total. The zero-order valence-electron chi connectivity index (χ0n) is 14.0. The number of nitrogens with two attached hydrogens (primary N) is 1. The molecule has 0 aliphatic carbocycles. The molecule has 0 fully saturated rings. The molecule has 2 amide bonds. The predicted octanol–water partition coefficient (Wildman–Crippen LogP) is 2.45. The molecule has 0 spiro atoms. The van der Waals surface area contributed by atoms with Crippen molar-refractivity contribution in [3.05, 3.63) is 62.7 Å². The summed E-state index contributed by atoms with van der Waals surface area (Å²) in [4.78, 5) is 26.2. The number of benzene rings is 2. The lowest BCUT2D eigenvalue weighted by Gasteiger charge is -2.34. The van der Waals surface area contributed by atoms with Crippen LogP contribution >= 0.6 is 22.6 Å². The highest BCUT2D eigenvalue weighted by Crippen LogP contribution is 2.23. The second kappa shape index (κ2) is 7.53. The van der Waals surface area contributed by atoms with Gasteiger partial charge in [0.2, 0.25) is 11.8 Å². The first kappa shape index (κ1) is 17.9. The molecular formula is C19H20IN3O2. The lowest BCUT2D eigenvalue weighted by atomic mass is 9.93. The summed E-state index contributed by atoms with van der Waals surface area (Å²) in [7, 11) is 0. The van der Waals surface area contributed by atoms with E-state index in [1.54, 1.807) is 0 Å². The van der Waals surface area contributed by atoms with Crippen LogP contribution in [0.4, 0.5) is 5.69 Å². The Morgan fingerprint density at radius 1 is 1.24 bits per heavy atom. The number of aryl methyl sites for hydroxylation is 1. The van der Waals surface area contributed by atoms with Crippen LogP contribution in [0.1, 0.15) is 16.7 Å². The summed E-state index contributed by atoms with van der Waals surface area (Å²) in [5.74, 6) is -0.539. The quantitative estimate of drug-likeness (QED) is 0.705. The van der Waals surface area contributed by atoms with E-state index in [0.29, 0.717) is 13.0 Å². The maximum Gasteiger partial charge on any atom is 0.238 e. The molecule has 0 saturated heterocycles. The normalized spacial score (nSPS) is 17.0. The highest BCUT2D eigenvalue weighted by Gasteiger charge is 2.31. The van der Waals surface area contributed by atoms with Crippen molar-refractivity contribution in [2.24, 2.45) is 5.73 Å². The van der Waals surface area contributed by atoms with Crippen LogP contribution in [-0.4, -0.2) is 29.3 Å². The van der Waals surface area contributed by atoms with E-state index in [-0.39, 0.29) is 12.5 Å². The lowest BCUT2D eigenvalue weighted by Crippen LogP contribution is -2.50. The number of hydrogen-bond donors (Lipinski definition) is 2. The summed E-state index contributed by atoms with van der Waals surface area (Å²) in [6.07, 6.45) is 0.543. The van der Waals surface area contributed by atoms with Gasteiger partial charge in [0.1, 0.15) is 0 Å². The maximum absolute atomic E-state index is 12.5. The van der Waals surface area contributed by atoms with Gasteiger partial charge in [-0.05, 0) is 70.8 Å². The van der Waals surface area contributed by atoms with E-state index in [1.165, 1.54) is 0 Å². The number of fused-ring (bicyclic) bond motifs is 1. The highest BCUT2D eigenvalue weighted by molar-refractivity contribution is 14.1. The number of nitrogens with one attached hydrogen (secondary N) is 1. The third kappa shape index (κ3) is 4.19. The monoisotopic (exact) mass is 449 g/mol. The van der Waals surface area contributed by atoms with Crippen LogP contribution in [0.15, 0.2) is 42.5 Å². The molecule has 3 rings (SSSR count). The molecule has 0 aromatic heterocycles. The Morgan fingerprint density at radius 3 is 2.64 bits per heavy atom. The third-order valence-electron chi connectivity index (χ3n) is 4.48. The lowest BCUT2D eigenvalue weighted by molar-refractivity contribution is -0.125. The average Bonchev–Trinajstić information content (AvgIpc) is 2.56. The Balaban J connectivity index is 1.74. The molecule has 0 saturated carbocycles. The van der Waals surface area contributed by atoms with Gasteiger partial charge in [-0.2, -0.15) is 0 Å². The van der Waals surface area contributed by atoms with E-state index in [4.69, 9.17) is 5.73 Å². The van der Waals surface area contributed by atoms with Crippen molar-refractivity contribution in [2.45, 2.75) is 25.9 Å². The first-order chi connectivity index (χ1) is 11.9. The number of halogens is 1. The Hall–Kier alpha value is -1.93. The van der Waals surface area contributed by atoms with Gasteiger partial charge in [0, 0.05) is 15.8 Å². The van der Waals surface area contributed by atoms with Crippen molar-refractivity contribution in [2.75, 3.05) is 11.9 Å². The third-order valence-corrected chi connectivity index (χ3v) is 5.15. The molecule has 1 atom stereocenters. The van der Waals surface area contributed by atoms with E-state index < -0.39 is 11.9 Å². The van der Waals surface area contributed by atoms with E-state index in [9.17, 15) is 9.59 Å². The summed E-state index contributed by atoms with van der Waals surface area (Å²) in [5.41, 5.74) is 9.63. The largest absolute Gasteiger partial charge is 0.368 e. The van der Waals surface area contributed by atoms with Gasteiger partial charge in [-0.3, -0.25) is 14.5 Å². The number of anilines is 1. The van der Waals surface area contributed by atoms with Crippen LogP contribution in [0.2, 0.25) is 0 Å². The van der Waals surface area contributed by atoms with Crippen LogP contribution in [-0.2, 0) is 22.6 Å². The van der Waals surface area contributed by atoms with Gasteiger partial charge in [0.15, 0.2) is 0 Å². The summed E-state index contributed by atoms with van der Waals surface area (Å²) in [6.45, 7) is 2.64. The standard InChI is InChI=1S/C19H20IN3O2/c1-12-8-15(20)6-7-16(12)22-18(24)11-23-10-14-5-3-2-4-13(14)9-17(23)19(21)25/h2-8,17H,9-11H2,1H3,(H2,21,25)(H,22,24)/t17-/m0/s1. The van der Waals surface area contributed by atoms with Crippen molar-refractivity contribution < 1.29 is 9.59 Å². The zero-order chi connectivity index (χ0) is 18.0. The summed E-state index contributed by atoms with van der Waals surface area (Å²) in [6, 6.07) is 13.4. The van der Waals surface area contributed by atoms with Crippen LogP contribution in [0, 0.1) is 10.5 Å². The minimum absolute atomic E-state index is 0.132. The molecule has 25 heavy (non-hydrogen) atoms. The smallest absolute Gasteiger partial charge is 0.238 e. The molecule has 1 aliphatic heterocycles. The molecule has 2 aromatic rings. The van der Waals surface area contributed by atoms with E-state index in [0.717, 1.165) is 25.9 Å². The summed E-state index contributed by atoms with van der Waals surface area (Å²) < 4.78 is 1.12. The molecule has 6 heteroatoms. The van der Waals surface area contributed by atoms with Crippen LogP contribution in [0.5, 0.6) is 0 Å². The minimum Gasteiger partial charge on any atom is -0.368 e. The number of carbonyl (C=O) groups excluding carboxylic acids is 2. The first-order valence-corrected chi connectivity index (χ1v) is 9.18. The van der Waals surface area contributed by atoms with Gasteiger partial charge in [-0.1, -0.05) is 24.3 Å². The number of nitrogens with zero attached hydrogens (tertiary/aromatic N) is 1. The number of rotatable bonds is 4. The Bertz CT molecular complexity index is 822. The SMILES string of the molecule is Cc1cc(I)ccc1NC(=O)CN1Cc2ccccc2C[C@H]1C(N)=O. The first-order valence-electron chi connectivity index (χ1n) is 8.10. The van der Waals surface area contributed by atoms with Crippen LogP contribution in [0.25, 0.3) is 0 Å². The van der Waals surface area contributed by atoms with Gasteiger partial charge in [-0.15, -0.1) is 0 Å². The van der Waals surface area contributed by atoms with Crippen molar-refractivity contribution in [1.29, 1.82) is 0 Å². The van der Waals surface area contributed by atoms with Crippen molar-refractivity contribution in [1.82, 2.24) is 4.90 Å². The molecule has 130 valence electrons. The van der Waals surface area contributed by atoms with Gasteiger partial charge in [-0.25, -0.2) is 0 Å². The summed E-state index contributed by atoms with van der Waals surface area (Å²) >= 11 is 2.24. The second-order valence-corrected chi connectivity index (χ2v) is 7.55. The summed E-state index contributed by atoms with van der Waals surface area (Å²) in [5, 5.41) is 2.93. The Kier molecular flexibility index (Phi) is 5.39. The van der Waals surface area contributed by atoms with Crippen LogP contribution in [0.3, 0.4) is 0 Å². The minimum atomic E-state index is -0.460. The van der Waals surface area contributed by atoms with Crippen molar-refractivity contribution >= 4 is 40.1 Å². The Labute approximate surface area is 160 Å². The number of primary amides is 1. The number of hydrogen-bond acceptors (Lipinski definition) is 3. The van der Waals surface area contributed by atoms with Crippen molar-refractivity contribution in [3.63, 3.8) is 0 Å². The molecule has 1 aliphatic rings. The molecule has 0 unspecified atom stereocenters. The number of amides is 2. The Morgan fingerprint density at radius 2 is 1.96 bits per heavy atom. The van der Waals surface area contributed by atoms with E-state index in [1.807, 2.05) is 54.3 Å². The van der Waals surface area contributed by atoms with Gasteiger partial charge in [0.05, 0.1) is 12.6 Å². The molecule has 1 heterocycles. The van der Waals surface area contributed by atoms with Crippen molar-refractivity contribution in [3.8, 4) is 0 Å². The number of carbonyl (C=O) groups is 2. The average molecular weight is 449 g/mol. The highest BCUT2D eigenvalue weighted by atomic mass is 127. The molecular weight excluding hydrogens is 429 g/mol. The topological polar surface area (TPSA) is 75.4 Å². The van der Waals surface area contributed by atoms with E-state index in [2.05, 4.69) is 27.9 Å². The predicted molar refractivity (Wildman–Crippen MR) is 106 cm³/mol.